The molecule has 7 aliphatic heterocycles. The molecule has 3 saturated heterocycles. The summed E-state index contributed by atoms with van der Waals surface area (Å²) in [6.45, 7) is 10.2. The first-order chi connectivity index (χ1) is 64.8. The Hall–Kier alpha value is -15.1. The summed E-state index contributed by atoms with van der Waals surface area (Å²) in [5.74, 6) is 2.39. The van der Waals surface area contributed by atoms with Crippen LogP contribution in [0.4, 0.5) is 40.3 Å². The van der Waals surface area contributed by atoms with Crippen LogP contribution < -0.4 is 21.3 Å². The number of halogens is 4. The van der Waals surface area contributed by atoms with Gasteiger partial charge in [-0.3, -0.25) is 48.3 Å². The number of likely N-dealkylation sites (tertiary alicyclic amines) is 3. The van der Waals surface area contributed by atoms with Crippen LogP contribution >= 0.6 is 0 Å². The van der Waals surface area contributed by atoms with Crippen LogP contribution in [-0.2, 0) is 25.6 Å². The number of anilines is 4. The van der Waals surface area contributed by atoms with Crippen LogP contribution in [0.15, 0.2) is 248 Å². The van der Waals surface area contributed by atoms with Crippen molar-refractivity contribution in [1.82, 2.24) is 29.6 Å². The Balaban J connectivity index is 0.000000124. The predicted molar refractivity (Wildman–Crippen MR) is 509 cm³/mol. The van der Waals surface area contributed by atoms with E-state index < -0.39 is 23.3 Å². The summed E-state index contributed by atoms with van der Waals surface area (Å²) in [5, 5.41) is 10.9. The number of Topliss-reactive ketones (excluding diaryl/α,β-unsaturated/α-hetero) is 3. The molecule has 26 heteroatoms. The predicted octanol–water partition coefficient (Wildman–Crippen LogP) is 21.4. The number of piperidine rings is 1. The highest BCUT2D eigenvalue weighted by molar-refractivity contribution is 6.37. The molecule has 12 heterocycles. The highest BCUT2D eigenvalue weighted by Crippen LogP contribution is 2.41. The summed E-state index contributed by atoms with van der Waals surface area (Å²) in [5.41, 5.74) is 13.4. The first kappa shape index (κ1) is 90.8. The van der Waals surface area contributed by atoms with Gasteiger partial charge in [0.2, 0.25) is 0 Å². The van der Waals surface area contributed by atoms with Gasteiger partial charge in [0.05, 0.1) is 33.7 Å². The molecule has 5 amide bonds. The second kappa shape index (κ2) is 40.3. The molecule has 0 aliphatic carbocycles. The fraction of sp³-hybridized carbons (Fsp3) is 0.222. The first-order valence-corrected chi connectivity index (χ1v) is 44.7. The number of fused-ring (bicyclic) bond motifs is 4. The second-order valence-corrected chi connectivity index (χ2v) is 34.4. The van der Waals surface area contributed by atoms with Crippen molar-refractivity contribution in [2.24, 2.45) is 5.92 Å². The average molecular weight is 1800 g/mol. The summed E-state index contributed by atoms with van der Waals surface area (Å²) in [6.07, 6.45) is 18.4. The van der Waals surface area contributed by atoms with Gasteiger partial charge in [0.1, 0.15) is 69.4 Å². The number of amides is 5. The van der Waals surface area contributed by atoms with Gasteiger partial charge in [-0.05, 0) is 256 Å². The van der Waals surface area contributed by atoms with Gasteiger partial charge in [0, 0.05) is 153 Å². The molecule has 0 radical (unpaired) electrons. The molecular formula is C108H96F4N10O12. The third kappa shape index (κ3) is 21.2. The number of hydrogen-bond acceptors (Lipinski definition) is 17. The van der Waals surface area contributed by atoms with E-state index in [2.05, 4.69) is 67.0 Å². The number of rotatable bonds is 22. The molecule has 3 atom stereocenters. The first-order valence-electron chi connectivity index (χ1n) is 44.7. The number of likely N-dealkylation sites (N-methyl/N-ethyl adjacent to an activating group) is 2. The average Bonchev–Trinajstić information content (AvgIpc) is 1.65. The number of aryl methyl sites for hydroxylation is 2. The molecule has 7 aliphatic rings. The Morgan fingerprint density at radius 3 is 1.16 bits per heavy atom. The lowest BCUT2D eigenvalue weighted by molar-refractivity contribution is -0.111. The third-order valence-electron chi connectivity index (χ3n) is 25.1. The van der Waals surface area contributed by atoms with Gasteiger partial charge in [-0.15, -0.1) is 0 Å². The molecule has 5 aromatic heterocycles. The maximum absolute atomic E-state index is 13.7. The molecule has 678 valence electrons. The van der Waals surface area contributed by atoms with Gasteiger partial charge in [-0.2, -0.15) is 0 Å². The summed E-state index contributed by atoms with van der Waals surface area (Å²) in [6, 6.07) is 61.2. The summed E-state index contributed by atoms with van der Waals surface area (Å²) < 4.78 is 78.3. The number of carbonyl (C=O) groups is 8. The number of carbonyl (C=O) groups excluding carboxylic acids is 8. The molecule has 0 spiro atoms. The van der Waals surface area contributed by atoms with Crippen molar-refractivity contribution in [1.29, 1.82) is 0 Å². The molecule has 3 unspecified atom stereocenters. The number of aromatic nitrogens is 2. The number of nitrogens with one attached hydrogen (secondary N) is 4. The van der Waals surface area contributed by atoms with Crippen molar-refractivity contribution in [2.45, 2.75) is 90.1 Å². The van der Waals surface area contributed by atoms with Crippen LogP contribution in [0.5, 0.6) is 0 Å². The van der Waals surface area contributed by atoms with Crippen LogP contribution in [0, 0.1) is 36.1 Å². The zero-order chi connectivity index (χ0) is 93.4. The summed E-state index contributed by atoms with van der Waals surface area (Å²) in [4.78, 5) is 117. The molecule has 0 saturated carbocycles. The highest BCUT2D eigenvalue weighted by atomic mass is 19.1. The van der Waals surface area contributed by atoms with Crippen molar-refractivity contribution >= 4 is 116 Å². The van der Waals surface area contributed by atoms with E-state index in [1.807, 2.05) is 110 Å². The van der Waals surface area contributed by atoms with Crippen LogP contribution in [0.25, 0.3) is 91.9 Å². The zero-order valence-electron chi connectivity index (χ0n) is 74.4. The van der Waals surface area contributed by atoms with Gasteiger partial charge in [-0.25, -0.2) is 17.6 Å². The van der Waals surface area contributed by atoms with Gasteiger partial charge < -0.3 is 58.5 Å². The summed E-state index contributed by atoms with van der Waals surface area (Å²) >= 11 is 0. The Labute approximate surface area is 771 Å². The quantitative estimate of drug-likeness (QED) is 0.0279. The van der Waals surface area contributed by atoms with Crippen molar-refractivity contribution < 1.29 is 73.6 Å². The molecular weight excluding hydrogens is 1710 g/mol. The van der Waals surface area contributed by atoms with Gasteiger partial charge >= 0.3 is 0 Å². The number of hydrogen-bond donors (Lipinski definition) is 4. The smallest absolute Gasteiger partial charge is 0.256 e. The lowest BCUT2D eigenvalue weighted by atomic mass is 9.91. The maximum Gasteiger partial charge on any atom is 0.256 e. The van der Waals surface area contributed by atoms with Gasteiger partial charge in [0.15, 0.2) is 17.3 Å². The Kier molecular flexibility index (Phi) is 27.3. The van der Waals surface area contributed by atoms with Crippen LogP contribution in [-0.4, -0.2) is 149 Å². The fourth-order valence-electron chi connectivity index (χ4n) is 17.8. The third-order valence-corrected chi connectivity index (χ3v) is 25.1. The monoisotopic (exact) mass is 1800 g/mol. The minimum atomic E-state index is -0.414. The number of ketones is 3. The van der Waals surface area contributed by atoms with E-state index in [-0.39, 0.29) is 52.9 Å². The second-order valence-electron chi connectivity index (χ2n) is 34.4. The maximum atomic E-state index is 13.7. The van der Waals surface area contributed by atoms with Crippen molar-refractivity contribution in [2.75, 3.05) is 81.7 Å². The summed E-state index contributed by atoms with van der Waals surface area (Å²) in [7, 11) is 6.03. The minimum Gasteiger partial charge on any atom is -0.457 e. The molecule has 8 aromatic carbocycles. The molecule has 4 N–H and O–H groups in total. The van der Waals surface area contributed by atoms with Crippen LogP contribution in [0.2, 0.25) is 0 Å². The van der Waals surface area contributed by atoms with E-state index in [1.54, 1.807) is 109 Å². The van der Waals surface area contributed by atoms with E-state index in [0.29, 0.717) is 173 Å². The number of nitrogens with zero attached hydrogens (tertiary/aromatic N) is 6. The van der Waals surface area contributed by atoms with E-state index in [4.69, 9.17) is 17.7 Å². The number of furan rings is 4. The van der Waals surface area contributed by atoms with Crippen molar-refractivity contribution in [3.05, 3.63) is 333 Å². The van der Waals surface area contributed by atoms with Crippen molar-refractivity contribution in [3.63, 3.8) is 0 Å². The minimum absolute atomic E-state index is 0.00450. The Morgan fingerprint density at radius 1 is 0.425 bits per heavy atom. The van der Waals surface area contributed by atoms with E-state index in [9.17, 15) is 55.9 Å². The topological polar surface area (TPSA) is 276 Å². The van der Waals surface area contributed by atoms with Gasteiger partial charge in [-0.1, -0.05) is 91.9 Å². The largest absolute Gasteiger partial charge is 0.457 e. The highest BCUT2D eigenvalue weighted by Gasteiger charge is 2.33. The molecule has 134 heavy (non-hydrogen) atoms. The lowest BCUT2D eigenvalue weighted by Gasteiger charge is -2.29. The van der Waals surface area contributed by atoms with Gasteiger partial charge in [0.25, 0.3) is 29.5 Å². The zero-order valence-corrected chi connectivity index (χ0v) is 74.4. The normalized spacial score (nSPS) is 17.8. The standard InChI is InChI=1S/C28H27FN2O3.C27H20FN3O3.C27H25FN2O3.C26H24FN3O3/c1-2-31-15-3-4-21(31)10-13-26(32)18-5-7-19(8-6-18)27-14-11-22(34-27)17-24-23-16-20(29)9-12-25(23)30-28(24)33;1-16-14-30-20(15-29-16)7-10-25(32)17-2-4-18(5-3-17)26-11-8-21(34-26)13-23-22-12-19(28)6-9-24(22)31-27(23)33;1-30-12-2-3-17(16-30)13-25(31)18-4-6-19(7-5-18)26-11-9-21(33-26)15-23-22-14-20(28)8-10-24(22)29-27(23)32;1-29-12-11-19(15-29)30(2)26(32)17-5-3-16(4-6-17)24-10-8-20(33-24)14-22-21-13-18(27)7-9-23(21)28-25(22)31/h5-9,11-12,14,16-17,21H,2-4,10,13,15H2,1H3,(H,30,33);2-6,8-9,11-15H,7,10H2,1H3,(H,31,33);4-11,14-15,17H,2-3,12-13,16H2,1H3,(H,29,32);3-10,13-14,19H,11-12,15H2,1-2H3,(H,28,31)/b24-17+;23-13+;23-15+;22-14+. The van der Waals surface area contributed by atoms with Crippen LogP contribution in [0.3, 0.4) is 0 Å². The van der Waals surface area contributed by atoms with E-state index in [0.717, 1.165) is 98.6 Å². The fourth-order valence-corrected chi connectivity index (χ4v) is 17.8. The van der Waals surface area contributed by atoms with E-state index >= 15 is 0 Å². The molecule has 3 fully saturated rings. The SMILES string of the molecule is CCN1CCCC1CCC(=O)c1ccc(-c2ccc(/C=C3/C(=O)Nc4ccc(F)cc43)o2)cc1.CN1CCC(N(C)C(=O)c2ccc(-c3ccc(/C=C4/C(=O)Nc5ccc(F)cc54)o3)cc2)C1.CN1CCCC(CC(=O)c2ccc(-c3ccc(/C=C4/C(=O)Nc5ccc(F)cc54)o3)cc2)C1.Cc1cnc(CCC(=O)c2ccc(-c3ccc(/C=C4/C(=O)Nc5ccc(F)cc54)o3)cc2)cn1. The molecule has 20 rings (SSSR count). The lowest BCUT2D eigenvalue weighted by Crippen LogP contribution is -2.38. The van der Waals surface area contributed by atoms with Crippen LogP contribution in [0.1, 0.15) is 163 Å². The Bertz CT molecular complexity index is 6800. The number of benzene rings is 8. The van der Waals surface area contributed by atoms with Crippen molar-refractivity contribution in [3.8, 4) is 45.3 Å². The Morgan fingerprint density at radius 2 is 0.799 bits per heavy atom. The molecule has 22 nitrogen and oxygen atoms in total. The molecule has 0 bridgehead atoms. The molecule has 13 aromatic rings. The van der Waals surface area contributed by atoms with E-state index in [1.165, 1.54) is 67.4 Å².